The van der Waals surface area contributed by atoms with Gasteiger partial charge in [-0.15, -0.1) is 11.3 Å². The van der Waals surface area contributed by atoms with Crippen LogP contribution < -0.4 is 9.62 Å². The summed E-state index contributed by atoms with van der Waals surface area (Å²) >= 11 is 2.70. The van der Waals surface area contributed by atoms with Crippen molar-refractivity contribution in [1.29, 1.82) is 5.26 Å². The van der Waals surface area contributed by atoms with Gasteiger partial charge in [0, 0.05) is 30.0 Å². The van der Waals surface area contributed by atoms with Crippen molar-refractivity contribution in [2.24, 2.45) is 0 Å². The van der Waals surface area contributed by atoms with E-state index in [1.165, 1.54) is 23.3 Å². The van der Waals surface area contributed by atoms with E-state index in [1.807, 2.05) is 24.0 Å². The molecule has 0 fully saturated rings. The molecule has 0 unspecified atom stereocenters. The predicted molar refractivity (Wildman–Crippen MR) is 102 cm³/mol. The van der Waals surface area contributed by atoms with Crippen molar-refractivity contribution in [1.82, 2.24) is 9.71 Å². The topological polar surface area (TPSA) is 89.2 Å². The summed E-state index contributed by atoms with van der Waals surface area (Å²) in [4.78, 5) is 19.5. The fourth-order valence-electron chi connectivity index (χ4n) is 2.28. The van der Waals surface area contributed by atoms with Gasteiger partial charge in [-0.3, -0.25) is 9.52 Å². The number of aliphatic hydroxyl groups excluding tert-OH is 1. The molecule has 2 rings (SSSR count). The Morgan fingerprint density at radius 2 is 2.12 bits per heavy atom. The molecule has 0 atom stereocenters. The molecule has 0 saturated carbocycles. The number of anilines is 2. The number of hydrogen-bond acceptors (Lipinski definition) is 7. The lowest BCUT2D eigenvalue weighted by molar-refractivity contribution is 0.0980. The minimum atomic E-state index is -0.206. The number of aliphatic hydroxyl groups is 1. The van der Waals surface area contributed by atoms with E-state index < -0.39 is 0 Å². The van der Waals surface area contributed by atoms with Crippen LogP contribution in [0.2, 0.25) is 0 Å². The van der Waals surface area contributed by atoms with Crippen LogP contribution in [0.3, 0.4) is 0 Å². The zero-order valence-corrected chi connectivity index (χ0v) is 15.8. The number of carbonyl (C=O) groups excluding carboxylic acids is 1. The maximum atomic E-state index is 12.1. The Morgan fingerprint density at radius 1 is 1.40 bits per heavy atom. The largest absolute Gasteiger partial charge is 0.396 e. The van der Waals surface area contributed by atoms with Crippen LogP contribution in [-0.2, 0) is 0 Å². The number of aromatic nitrogens is 1. The molecule has 1 heterocycles. The highest BCUT2D eigenvalue weighted by Crippen LogP contribution is 2.32. The van der Waals surface area contributed by atoms with E-state index >= 15 is 0 Å². The number of carbonyl (C=O) groups is 1. The molecule has 8 heteroatoms. The van der Waals surface area contributed by atoms with Crippen molar-refractivity contribution in [2.45, 2.75) is 19.8 Å². The van der Waals surface area contributed by atoms with Gasteiger partial charge in [0.05, 0.1) is 11.6 Å². The summed E-state index contributed by atoms with van der Waals surface area (Å²) in [7, 11) is 0. The summed E-state index contributed by atoms with van der Waals surface area (Å²) in [6.45, 7) is 2.68. The molecule has 0 radical (unpaired) electrons. The number of nitrogens with one attached hydrogen (secondary N) is 1. The first-order valence-corrected chi connectivity index (χ1v) is 9.84. The third kappa shape index (κ3) is 4.95. The molecule has 6 nitrogen and oxygen atoms in total. The Morgan fingerprint density at radius 3 is 2.72 bits per heavy atom. The van der Waals surface area contributed by atoms with E-state index in [2.05, 4.69) is 15.8 Å². The van der Waals surface area contributed by atoms with Crippen LogP contribution in [-0.4, -0.2) is 35.4 Å². The smallest absolute Gasteiger partial charge is 0.280 e. The summed E-state index contributed by atoms with van der Waals surface area (Å²) in [5.74, 6) is -0.206. The molecule has 2 N–H and O–H groups in total. The Balaban J connectivity index is 2.33. The van der Waals surface area contributed by atoms with Crippen LogP contribution in [0.5, 0.6) is 0 Å². The summed E-state index contributed by atoms with van der Waals surface area (Å²) in [5.41, 5.74) is 1.92. The number of aryl methyl sites for hydroxylation is 1. The van der Waals surface area contributed by atoms with Crippen LogP contribution >= 0.6 is 23.3 Å². The van der Waals surface area contributed by atoms with Crippen LogP contribution in [0.15, 0.2) is 24.3 Å². The van der Waals surface area contributed by atoms with Gasteiger partial charge < -0.3 is 10.0 Å². The number of hydrogen-bond donors (Lipinski definition) is 2. The molecule has 25 heavy (non-hydrogen) atoms. The van der Waals surface area contributed by atoms with Gasteiger partial charge >= 0.3 is 0 Å². The minimum Gasteiger partial charge on any atom is -0.396 e. The van der Waals surface area contributed by atoms with Gasteiger partial charge in [0.1, 0.15) is 5.69 Å². The highest BCUT2D eigenvalue weighted by atomic mass is 32.2. The monoisotopic (exact) mass is 376 g/mol. The van der Waals surface area contributed by atoms with Gasteiger partial charge in [-0.25, -0.2) is 4.98 Å². The summed E-state index contributed by atoms with van der Waals surface area (Å²) in [6.07, 6.45) is 3.27. The zero-order chi connectivity index (χ0) is 18.2. The van der Waals surface area contributed by atoms with Gasteiger partial charge in [0.2, 0.25) is 0 Å². The molecule has 132 valence electrons. The van der Waals surface area contributed by atoms with Crippen LogP contribution in [0.1, 0.15) is 33.8 Å². The highest BCUT2D eigenvalue weighted by Gasteiger charge is 2.19. The lowest BCUT2D eigenvalue weighted by Crippen LogP contribution is -2.20. The van der Waals surface area contributed by atoms with Crippen molar-refractivity contribution in [3.05, 3.63) is 40.4 Å². The Labute approximate surface area is 155 Å². The molecule has 0 saturated heterocycles. The van der Waals surface area contributed by atoms with Crippen molar-refractivity contribution >= 4 is 40.0 Å². The second-order valence-electron chi connectivity index (χ2n) is 5.28. The maximum absolute atomic E-state index is 12.1. The first kappa shape index (κ1) is 19.2. The zero-order valence-electron chi connectivity index (χ0n) is 14.2. The standard InChI is InChI=1S/C17H20N4O2S2/c1-12-15(16(23)20-24-2)19-17(25-12)21(9-3-4-10-22)14-7-5-13(11-18)6-8-14/h5-8,22H,3-4,9-10H2,1-2H3,(H,20,23). The van der Waals surface area contributed by atoms with Crippen molar-refractivity contribution in [3.8, 4) is 6.07 Å². The number of unbranched alkanes of at least 4 members (excludes halogenated alkanes) is 1. The molecule has 0 aliphatic heterocycles. The summed E-state index contributed by atoms with van der Waals surface area (Å²) in [5, 5.41) is 18.7. The lowest BCUT2D eigenvalue weighted by Gasteiger charge is -2.22. The van der Waals surface area contributed by atoms with Crippen molar-refractivity contribution in [2.75, 3.05) is 24.3 Å². The van der Waals surface area contributed by atoms with E-state index in [0.29, 0.717) is 24.2 Å². The summed E-state index contributed by atoms with van der Waals surface area (Å²) < 4.78 is 2.70. The average molecular weight is 377 g/mol. The first-order chi connectivity index (χ1) is 12.1. The number of thiazole rings is 1. The molecule has 1 aromatic heterocycles. The Kier molecular flexibility index (Phi) is 7.25. The third-order valence-corrected chi connectivity index (χ3v) is 4.91. The van der Waals surface area contributed by atoms with Crippen molar-refractivity contribution < 1.29 is 9.90 Å². The lowest BCUT2D eigenvalue weighted by atomic mass is 10.2. The molecular formula is C17H20N4O2S2. The Hall–Kier alpha value is -2.08. The van der Waals surface area contributed by atoms with E-state index in [1.54, 1.807) is 18.4 Å². The molecule has 1 amide bonds. The molecular weight excluding hydrogens is 356 g/mol. The maximum Gasteiger partial charge on any atom is 0.280 e. The number of amides is 1. The minimum absolute atomic E-state index is 0.138. The van der Waals surface area contributed by atoms with Gasteiger partial charge in [-0.1, -0.05) is 11.9 Å². The SMILES string of the molecule is CSNC(=O)c1nc(N(CCCCO)c2ccc(C#N)cc2)sc1C. The van der Waals surface area contributed by atoms with Gasteiger partial charge in [-0.05, 0) is 44.0 Å². The van der Waals surface area contributed by atoms with E-state index in [0.717, 1.165) is 22.1 Å². The first-order valence-electron chi connectivity index (χ1n) is 7.80. The number of benzene rings is 1. The number of nitrogens with zero attached hydrogens (tertiary/aromatic N) is 3. The van der Waals surface area contributed by atoms with Gasteiger partial charge in [0.15, 0.2) is 5.13 Å². The molecule has 0 spiro atoms. The van der Waals surface area contributed by atoms with Gasteiger partial charge in [-0.2, -0.15) is 5.26 Å². The fourth-order valence-corrected chi connectivity index (χ4v) is 3.52. The van der Waals surface area contributed by atoms with Crippen LogP contribution in [0.4, 0.5) is 10.8 Å². The molecule has 0 bridgehead atoms. The second-order valence-corrected chi connectivity index (χ2v) is 7.07. The van der Waals surface area contributed by atoms with Gasteiger partial charge in [0.25, 0.3) is 5.91 Å². The predicted octanol–water partition coefficient (Wildman–Crippen LogP) is 3.24. The van der Waals surface area contributed by atoms with E-state index in [9.17, 15) is 4.79 Å². The van der Waals surface area contributed by atoms with E-state index in [4.69, 9.17) is 10.4 Å². The molecule has 0 aliphatic rings. The number of nitriles is 1. The molecule has 0 aliphatic carbocycles. The van der Waals surface area contributed by atoms with Crippen LogP contribution in [0.25, 0.3) is 0 Å². The number of rotatable bonds is 8. The van der Waals surface area contributed by atoms with Crippen molar-refractivity contribution in [3.63, 3.8) is 0 Å². The van der Waals surface area contributed by atoms with E-state index in [-0.39, 0.29) is 12.5 Å². The highest BCUT2D eigenvalue weighted by molar-refractivity contribution is 7.97. The molecule has 2 aromatic rings. The quantitative estimate of drug-likeness (QED) is 0.543. The fraction of sp³-hybridized carbons (Fsp3) is 0.353. The summed E-state index contributed by atoms with van der Waals surface area (Å²) in [6, 6.07) is 9.37. The average Bonchev–Trinajstić information content (AvgIpc) is 3.01. The normalized spacial score (nSPS) is 10.3. The van der Waals surface area contributed by atoms with Crippen LogP contribution in [0, 0.1) is 18.3 Å². The second kappa shape index (κ2) is 9.42. The Bertz CT molecular complexity index is 753. The molecule has 1 aromatic carbocycles. The third-order valence-electron chi connectivity index (χ3n) is 3.52.